The fourth-order valence-electron chi connectivity index (χ4n) is 1.78. The molecule has 1 aromatic carbocycles. The summed E-state index contributed by atoms with van der Waals surface area (Å²) in [5.41, 5.74) is 1.57. The Bertz CT molecular complexity index is 320. The summed E-state index contributed by atoms with van der Waals surface area (Å²) in [4.78, 5) is 0. The third-order valence-corrected chi connectivity index (χ3v) is 3.00. The van der Waals surface area contributed by atoms with Crippen molar-refractivity contribution in [2.24, 2.45) is 0 Å². The first-order valence-electron chi connectivity index (χ1n) is 6.12. The van der Waals surface area contributed by atoms with Crippen LogP contribution in [0, 0.1) is 0 Å². The Balaban J connectivity index is 2.72. The van der Waals surface area contributed by atoms with E-state index in [1.165, 1.54) is 5.56 Å². The summed E-state index contributed by atoms with van der Waals surface area (Å²) in [5.74, 6) is 0. The van der Waals surface area contributed by atoms with Crippen molar-refractivity contribution in [3.63, 3.8) is 0 Å². The van der Waals surface area contributed by atoms with E-state index in [0.717, 1.165) is 31.5 Å². The fraction of sp³-hybridized carbons (Fsp3) is 0.571. The average Bonchev–Trinajstić information content (AvgIpc) is 2.29. The van der Waals surface area contributed by atoms with Gasteiger partial charge in [-0.15, -0.1) is 0 Å². The van der Waals surface area contributed by atoms with Gasteiger partial charge in [0, 0.05) is 0 Å². The normalized spacial score (nSPS) is 14.8. The maximum Gasteiger partial charge on any atom is 0.0880 e. The SMILES string of the molecule is CCNCCC(C)(O)c1cccc(CC)c1. The molecule has 0 aliphatic heterocycles. The second kappa shape index (κ2) is 6.02. The molecule has 0 heterocycles. The lowest BCUT2D eigenvalue weighted by Crippen LogP contribution is -2.27. The van der Waals surface area contributed by atoms with Gasteiger partial charge in [-0.25, -0.2) is 0 Å². The van der Waals surface area contributed by atoms with Crippen LogP contribution in [0.3, 0.4) is 0 Å². The summed E-state index contributed by atoms with van der Waals surface area (Å²) in [6.45, 7) is 7.89. The van der Waals surface area contributed by atoms with Gasteiger partial charge in [0.05, 0.1) is 5.60 Å². The Morgan fingerprint density at radius 3 is 2.69 bits per heavy atom. The second-order valence-corrected chi connectivity index (χ2v) is 4.43. The fourth-order valence-corrected chi connectivity index (χ4v) is 1.78. The van der Waals surface area contributed by atoms with Gasteiger partial charge < -0.3 is 10.4 Å². The summed E-state index contributed by atoms with van der Waals surface area (Å²) in [7, 11) is 0. The van der Waals surface area contributed by atoms with Crippen molar-refractivity contribution in [3.05, 3.63) is 35.4 Å². The minimum Gasteiger partial charge on any atom is -0.385 e. The van der Waals surface area contributed by atoms with Crippen LogP contribution in [0.1, 0.15) is 38.3 Å². The second-order valence-electron chi connectivity index (χ2n) is 4.43. The molecular weight excluding hydrogens is 198 g/mol. The zero-order valence-electron chi connectivity index (χ0n) is 10.6. The summed E-state index contributed by atoms with van der Waals surface area (Å²) in [5, 5.41) is 13.6. The molecular formula is C14H23NO. The van der Waals surface area contributed by atoms with Gasteiger partial charge in [-0.2, -0.15) is 0 Å². The minimum atomic E-state index is -0.729. The summed E-state index contributed by atoms with van der Waals surface area (Å²) in [6.07, 6.45) is 1.76. The maximum atomic E-state index is 10.4. The van der Waals surface area contributed by atoms with Gasteiger partial charge in [0.15, 0.2) is 0 Å². The van der Waals surface area contributed by atoms with E-state index in [2.05, 4.69) is 31.3 Å². The molecule has 90 valence electrons. The number of hydrogen-bond acceptors (Lipinski definition) is 2. The molecule has 1 atom stereocenters. The van der Waals surface area contributed by atoms with Crippen molar-refractivity contribution in [1.82, 2.24) is 5.32 Å². The highest BCUT2D eigenvalue weighted by Gasteiger charge is 2.22. The van der Waals surface area contributed by atoms with E-state index < -0.39 is 5.60 Å². The van der Waals surface area contributed by atoms with Gasteiger partial charge in [-0.3, -0.25) is 0 Å². The van der Waals surface area contributed by atoms with Gasteiger partial charge in [-0.05, 0) is 44.0 Å². The molecule has 0 saturated carbocycles. The largest absolute Gasteiger partial charge is 0.385 e. The Morgan fingerprint density at radius 1 is 1.31 bits per heavy atom. The molecule has 0 radical (unpaired) electrons. The van der Waals surface area contributed by atoms with Gasteiger partial charge in [0.1, 0.15) is 0 Å². The van der Waals surface area contributed by atoms with Crippen LogP contribution < -0.4 is 5.32 Å². The zero-order valence-corrected chi connectivity index (χ0v) is 10.6. The number of hydrogen-bond donors (Lipinski definition) is 2. The lowest BCUT2D eigenvalue weighted by molar-refractivity contribution is 0.0481. The molecule has 2 nitrogen and oxygen atoms in total. The predicted molar refractivity (Wildman–Crippen MR) is 68.6 cm³/mol. The number of aliphatic hydroxyl groups is 1. The molecule has 1 aromatic rings. The van der Waals surface area contributed by atoms with Crippen molar-refractivity contribution < 1.29 is 5.11 Å². The van der Waals surface area contributed by atoms with Crippen LogP contribution in [0.25, 0.3) is 0 Å². The molecule has 0 aliphatic carbocycles. The van der Waals surface area contributed by atoms with Crippen LogP contribution in [-0.4, -0.2) is 18.2 Å². The molecule has 1 unspecified atom stereocenters. The third-order valence-electron chi connectivity index (χ3n) is 3.00. The first-order chi connectivity index (χ1) is 7.60. The van der Waals surface area contributed by atoms with Crippen LogP contribution in [0.15, 0.2) is 24.3 Å². The first kappa shape index (κ1) is 13.2. The van der Waals surface area contributed by atoms with Crippen molar-refractivity contribution in [2.45, 2.75) is 39.2 Å². The molecule has 0 aromatic heterocycles. The topological polar surface area (TPSA) is 32.3 Å². The Morgan fingerprint density at radius 2 is 2.06 bits per heavy atom. The predicted octanol–water partition coefficient (Wildman–Crippen LogP) is 2.46. The standard InChI is InChI=1S/C14H23NO/c1-4-12-7-6-8-13(11-12)14(3,16)9-10-15-5-2/h6-8,11,15-16H,4-5,9-10H2,1-3H3. The summed E-state index contributed by atoms with van der Waals surface area (Å²) < 4.78 is 0. The van der Waals surface area contributed by atoms with E-state index in [9.17, 15) is 5.11 Å². The minimum absolute atomic E-state index is 0.729. The lowest BCUT2D eigenvalue weighted by Gasteiger charge is -2.24. The van der Waals surface area contributed by atoms with Crippen molar-refractivity contribution in [1.29, 1.82) is 0 Å². The van der Waals surface area contributed by atoms with Gasteiger partial charge in [-0.1, -0.05) is 38.1 Å². The highest BCUT2D eigenvalue weighted by atomic mass is 16.3. The van der Waals surface area contributed by atoms with E-state index in [0.29, 0.717) is 0 Å². The highest BCUT2D eigenvalue weighted by Crippen LogP contribution is 2.24. The molecule has 2 heteroatoms. The summed E-state index contributed by atoms with van der Waals surface area (Å²) in [6, 6.07) is 8.23. The smallest absolute Gasteiger partial charge is 0.0880 e. The Labute approximate surface area is 98.7 Å². The molecule has 16 heavy (non-hydrogen) atoms. The molecule has 0 saturated heterocycles. The molecule has 1 rings (SSSR count). The number of nitrogens with one attached hydrogen (secondary N) is 1. The third kappa shape index (κ3) is 3.62. The average molecular weight is 221 g/mol. The highest BCUT2D eigenvalue weighted by molar-refractivity contribution is 5.27. The van der Waals surface area contributed by atoms with Crippen LogP contribution in [0.4, 0.5) is 0 Å². The lowest BCUT2D eigenvalue weighted by atomic mass is 9.91. The van der Waals surface area contributed by atoms with Crippen LogP contribution in [0.2, 0.25) is 0 Å². The number of benzene rings is 1. The Hall–Kier alpha value is -0.860. The van der Waals surface area contributed by atoms with E-state index in [1.807, 2.05) is 19.1 Å². The van der Waals surface area contributed by atoms with Crippen molar-refractivity contribution in [2.75, 3.05) is 13.1 Å². The van der Waals surface area contributed by atoms with Crippen molar-refractivity contribution >= 4 is 0 Å². The first-order valence-corrected chi connectivity index (χ1v) is 6.12. The Kier molecular flexibility index (Phi) is 4.97. The summed E-state index contributed by atoms with van der Waals surface area (Å²) >= 11 is 0. The van der Waals surface area contributed by atoms with Gasteiger partial charge in [0.2, 0.25) is 0 Å². The molecule has 0 fully saturated rings. The van der Waals surface area contributed by atoms with Gasteiger partial charge >= 0.3 is 0 Å². The van der Waals surface area contributed by atoms with Crippen LogP contribution >= 0.6 is 0 Å². The zero-order chi connectivity index (χ0) is 12.0. The maximum absolute atomic E-state index is 10.4. The molecule has 0 aliphatic rings. The van der Waals surface area contributed by atoms with Gasteiger partial charge in [0.25, 0.3) is 0 Å². The molecule has 0 amide bonds. The van der Waals surface area contributed by atoms with E-state index in [1.54, 1.807) is 0 Å². The van der Waals surface area contributed by atoms with Crippen LogP contribution in [-0.2, 0) is 12.0 Å². The number of rotatable bonds is 6. The van der Waals surface area contributed by atoms with E-state index >= 15 is 0 Å². The molecule has 2 N–H and O–H groups in total. The van der Waals surface area contributed by atoms with Crippen LogP contribution in [0.5, 0.6) is 0 Å². The quantitative estimate of drug-likeness (QED) is 0.723. The molecule has 0 spiro atoms. The van der Waals surface area contributed by atoms with E-state index in [-0.39, 0.29) is 0 Å². The van der Waals surface area contributed by atoms with Crippen molar-refractivity contribution in [3.8, 4) is 0 Å². The molecule has 0 bridgehead atoms. The monoisotopic (exact) mass is 221 g/mol. The number of aryl methyl sites for hydroxylation is 1. The van der Waals surface area contributed by atoms with E-state index in [4.69, 9.17) is 0 Å².